The molecule has 1 fully saturated rings. The lowest BCUT2D eigenvalue weighted by Gasteiger charge is -2.52. The molecule has 12 heavy (non-hydrogen) atoms. The molecule has 0 aromatic carbocycles. The highest BCUT2D eigenvalue weighted by Gasteiger charge is 2.40. The Balaban J connectivity index is 2.50. The van der Waals surface area contributed by atoms with Gasteiger partial charge in [0.1, 0.15) is 0 Å². The first-order valence-electron chi connectivity index (χ1n) is 5.32. The molecule has 0 aromatic heterocycles. The van der Waals surface area contributed by atoms with E-state index < -0.39 is 0 Å². The van der Waals surface area contributed by atoms with Gasteiger partial charge in [0.25, 0.3) is 0 Å². The molecule has 1 heterocycles. The fourth-order valence-electron chi connectivity index (χ4n) is 2.49. The molecule has 1 rings (SSSR count). The molecule has 72 valence electrons. The number of rotatable bonds is 3. The number of likely N-dealkylation sites (tertiary alicyclic amines) is 1. The van der Waals surface area contributed by atoms with Gasteiger partial charge in [-0.1, -0.05) is 34.6 Å². The molecule has 1 heteroatoms. The quantitative estimate of drug-likeness (QED) is 0.628. The summed E-state index contributed by atoms with van der Waals surface area (Å²) in [5.41, 5.74) is 0. The first kappa shape index (κ1) is 10.0. The lowest BCUT2D eigenvalue weighted by molar-refractivity contribution is -0.0337. The Morgan fingerprint density at radius 3 is 2.08 bits per heavy atom. The van der Waals surface area contributed by atoms with Crippen molar-refractivity contribution in [2.45, 2.75) is 40.7 Å². The van der Waals surface area contributed by atoms with Crippen molar-refractivity contribution in [3.63, 3.8) is 0 Å². The van der Waals surface area contributed by atoms with Crippen molar-refractivity contribution in [2.24, 2.45) is 17.8 Å². The Kier molecular flexibility index (Phi) is 3.16. The smallest absolute Gasteiger partial charge is 0.0161 e. The van der Waals surface area contributed by atoms with Crippen molar-refractivity contribution in [3.05, 3.63) is 0 Å². The van der Waals surface area contributed by atoms with Crippen molar-refractivity contribution >= 4 is 0 Å². The largest absolute Gasteiger partial charge is 0.300 e. The summed E-state index contributed by atoms with van der Waals surface area (Å²) in [5, 5.41) is 0. The van der Waals surface area contributed by atoms with Crippen molar-refractivity contribution in [1.82, 2.24) is 4.90 Å². The van der Waals surface area contributed by atoms with Gasteiger partial charge in [-0.15, -0.1) is 0 Å². The second-order valence-electron chi connectivity index (χ2n) is 4.73. The van der Waals surface area contributed by atoms with Crippen molar-refractivity contribution in [1.29, 1.82) is 0 Å². The highest BCUT2D eigenvalue weighted by molar-refractivity contribution is 4.94. The minimum Gasteiger partial charge on any atom is -0.300 e. The van der Waals surface area contributed by atoms with Crippen LogP contribution in [0.4, 0.5) is 0 Å². The molecule has 2 atom stereocenters. The Hall–Kier alpha value is -0.0400. The van der Waals surface area contributed by atoms with Gasteiger partial charge in [-0.05, 0) is 24.3 Å². The Morgan fingerprint density at radius 1 is 1.17 bits per heavy atom. The zero-order valence-electron chi connectivity index (χ0n) is 9.17. The SMILES string of the molecule is CCN1CC(C(C)C)C1C(C)C. The molecule has 0 aliphatic carbocycles. The molecular formula is C11H23N. The van der Waals surface area contributed by atoms with E-state index in [2.05, 4.69) is 39.5 Å². The van der Waals surface area contributed by atoms with E-state index in [0.717, 1.165) is 23.8 Å². The van der Waals surface area contributed by atoms with E-state index in [1.165, 1.54) is 13.1 Å². The summed E-state index contributed by atoms with van der Waals surface area (Å²) in [7, 11) is 0. The summed E-state index contributed by atoms with van der Waals surface area (Å²) in [6.45, 7) is 14.2. The maximum atomic E-state index is 2.61. The van der Waals surface area contributed by atoms with Crippen LogP contribution in [0.15, 0.2) is 0 Å². The lowest BCUT2D eigenvalue weighted by atomic mass is 9.75. The fraction of sp³-hybridized carbons (Fsp3) is 1.00. The van der Waals surface area contributed by atoms with Gasteiger partial charge in [0.15, 0.2) is 0 Å². The van der Waals surface area contributed by atoms with E-state index in [0.29, 0.717) is 0 Å². The van der Waals surface area contributed by atoms with Crippen LogP contribution in [0, 0.1) is 17.8 Å². The molecule has 2 unspecified atom stereocenters. The minimum absolute atomic E-state index is 0.825. The van der Waals surface area contributed by atoms with Crippen LogP contribution < -0.4 is 0 Å². The highest BCUT2D eigenvalue weighted by atomic mass is 15.2. The van der Waals surface area contributed by atoms with Crippen molar-refractivity contribution < 1.29 is 0 Å². The molecule has 1 nitrogen and oxygen atoms in total. The van der Waals surface area contributed by atoms with Gasteiger partial charge < -0.3 is 0 Å². The van der Waals surface area contributed by atoms with Crippen LogP contribution in [0.2, 0.25) is 0 Å². The molecule has 0 aromatic rings. The average molecular weight is 169 g/mol. The molecular weight excluding hydrogens is 146 g/mol. The van der Waals surface area contributed by atoms with Gasteiger partial charge in [0.2, 0.25) is 0 Å². The highest BCUT2D eigenvalue weighted by Crippen LogP contribution is 2.35. The van der Waals surface area contributed by atoms with Crippen LogP contribution in [0.5, 0.6) is 0 Å². The van der Waals surface area contributed by atoms with Gasteiger partial charge in [-0.3, -0.25) is 4.90 Å². The van der Waals surface area contributed by atoms with Crippen molar-refractivity contribution in [3.8, 4) is 0 Å². The summed E-state index contributed by atoms with van der Waals surface area (Å²) in [6, 6.07) is 0.856. The second-order valence-corrected chi connectivity index (χ2v) is 4.73. The third-order valence-corrected chi connectivity index (χ3v) is 3.25. The van der Waals surface area contributed by atoms with E-state index in [1.807, 2.05) is 0 Å². The van der Waals surface area contributed by atoms with Gasteiger partial charge >= 0.3 is 0 Å². The summed E-state index contributed by atoms with van der Waals surface area (Å²) < 4.78 is 0. The molecule has 0 saturated carbocycles. The Morgan fingerprint density at radius 2 is 1.75 bits per heavy atom. The topological polar surface area (TPSA) is 3.24 Å². The van der Waals surface area contributed by atoms with Crippen LogP contribution in [-0.2, 0) is 0 Å². The Bertz CT molecular complexity index is 140. The van der Waals surface area contributed by atoms with E-state index in [4.69, 9.17) is 0 Å². The maximum Gasteiger partial charge on any atom is 0.0161 e. The average Bonchev–Trinajstić information content (AvgIpc) is 1.83. The van der Waals surface area contributed by atoms with Gasteiger partial charge in [-0.25, -0.2) is 0 Å². The van der Waals surface area contributed by atoms with Crippen molar-refractivity contribution in [2.75, 3.05) is 13.1 Å². The predicted octanol–water partition coefficient (Wildman–Crippen LogP) is 2.62. The molecule has 0 spiro atoms. The molecule has 0 amide bonds. The molecule has 0 N–H and O–H groups in total. The predicted molar refractivity (Wildman–Crippen MR) is 54.2 cm³/mol. The molecule has 1 aliphatic rings. The first-order valence-corrected chi connectivity index (χ1v) is 5.32. The molecule has 0 radical (unpaired) electrons. The molecule has 1 aliphatic heterocycles. The maximum absolute atomic E-state index is 2.61. The number of nitrogens with zero attached hydrogens (tertiary/aromatic N) is 1. The van der Waals surface area contributed by atoms with E-state index in [-0.39, 0.29) is 0 Å². The van der Waals surface area contributed by atoms with Gasteiger partial charge in [0, 0.05) is 12.6 Å². The fourth-order valence-corrected chi connectivity index (χ4v) is 2.49. The molecule has 0 bridgehead atoms. The Labute approximate surface area is 77.1 Å². The standard InChI is InChI=1S/C11H23N/c1-6-12-7-10(8(2)3)11(12)9(4)5/h8-11H,6-7H2,1-5H3. The van der Waals surface area contributed by atoms with Crippen LogP contribution in [-0.4, -0.2) is 24.0 Å². The van der Waals surface area contributed by atoms with E-state index in [1.54, 1.807) is 0 Å². The van der Waals surface area contributed by atoms with E-state index >= 15 is 0 Å². The number of hydrogen-bond donors (Lipinski definition) is 0. The van der Waals surface area contributed by atoms with Gasteiger partial charge in [-0.2, -0.15) is 0 Å². The molecule has 1 saturated heterocycles. The van der Waals surface area contributed by atoms with E-state index in [9.17, 15) is 0 Å². The summed E-state index contributed by atoms with van der Waals surface area (Å²) in [5.74, 6) is 2.64. The zero-order chi connectivity index (χ0) is 9.30. The monoisotopic (exact) mass is 169 g/mol. The summed E-state index contributed by atoms with van der Waals surface area (Å²) >= 11 is 0. The third kappa shape index (κ3) is 1.66. The van der Waals surface area contributed by atoms with Crippen LogP contribution in [0.25, 0.3) is 0 Å². The third-order valence-electron chi connectivity index (χ3n) is 3.25. The van der Waals surface area contributed by atoms with Crippen LogP contribution in [0.3, 0.4) is 0 Å². The summed E-state index contributed by atoms with van der Waals surface area (Å²) in [4.78, 5) is 2.61. The minimum atomic E-state index is 0.825. The first-order chi connectivity index (χ1) is 5.57. The summed E-state index contributed by atoms with van der Waals surface area (Å²) in [6.07, 6.45) is 0. The lowest BCUT2D eigenvalue weighted by Crippen LogP contribution is -2.60. The van der Waals surface area contributed by atoms with Crippen LogP contribution in [0.1, 0.15) is 34.6 Å². The van der Waals surface area contributed by atoms with Crippen LogP contribution >= 0.6 is 0 Å². The second kappa shape index (κ2) is 3.78. The van der Waals surface area contributed by atoms with Gasteiger partial charge in [0.05, 0.1) is 0 Å². The normalized spacial score (nSPS) is 31.2. The number of hydrogen-bond acceptors (Lipinski definition) is 1. The zero-order valence-corrected chi connectivity index (χ0v) is 9.17.